The highest BCUT2D eigenvalue weighted by atomic mass is 35.5. The SMILES string of the molecule is CCOc1ccc(N(CC(=O)N(Cc2ccc(Cl)cc2Cl)C(C)C(=O)NC2CCCCC2)S(=O)(=O)c2ccc(C)cc2)cc1. The van der Waals surface area contributed by atoms with Crippen LogP contribution >= 0.6 is 23.2 Å². The Morgan fingerprint density at radius 2 is 1.64 bits per heavy atom. The standard InChI is InChI=1S/C33H39Cl2N3O5S/c1-4-43-29-16-14-28(15-17-29)38(44(41,42)30-18-10-23(2)11-19-30)22-32(39)37(21-25-12-13-26(34)20-31(25)35)24(3)33(40)36-27-8-6-5-7-9-27/h10-20,24,27H,4-9,21-22H2,1-3H3,(H,36,40). The highest BCUT2D eigenvalue weighted by Crippen LogP contribution is 2.28. The van der Waals surface area contributed by atoms with Crippen LogP contribution in [0.1, 0.15) is 57.1 Å². The van der Waals surface area contributed by atoms with Crippen molar-refractivity contribution in [2.75, 3.05) is 17.5 Å². The monoisotopic (exact) mass is 659 g/mol. The summed E-state index contributed by atoms with van der Waals surface area (Å²) >= 11 is 12.6. The summed E-state index contributed by atoms with van der Waals surface area (Å²) in [5.74, 6) is -0.293. The van der Waals surface area contributed by atoms with Gasteiger partial charge in [-0.3, -0.25) is 13.9 Å². The molecular weight excluding hydrogens is 621 g/mol. The zero-order valence-corrected chi connectivity index (χ0v) is 27.6. The number of benzene rings is 3. The molecule has 0 saturated heterocycles. The predicted octanol–water partition coefficient (Wildman–Crippen LogP) is 6.76. The topological polar surface area (TPSA) is 96.0 Å². The van der Waals surface area contributed by atoms with Crippen LogP contribution in [0, 0.1) is 6.92 Å². The van der Waals surface area contributed by atoms with Crippen molar-refractivity contribution in [3.63, 3.8) is 0 Å². The first-order valence-corrected chi connectivity index (χ1v) is 17.0. The molecule has 1 N–H and O–H groups in total. The van der Waals surface area contributed by atoms with Crippen molar-refractivity contribution in [1.29, 1.82) is 0 Å². The molecule has 4 rings (SSSR count). The van der Waals surface area contributed by atoms with Gasteiger partial charge in [0.15, 0.2) is 0 Å². The van der Waals surface area contributed by atoms with Crippen LogP contribution in [-0.4, -0.2) is 50.4 Å². The second-order valence-electron chi connectivity index (χ2n) is 11.0. The molecule has 3 aromatic carbocycles. The highest BCUT2D eigenvalue weighted by molar-refractivity contribution is 7.92. The minimum Gasteiger partial charge on any atom is -0.494 e. The number of halogens is 2. The summed E-state index contributed by atoms with van der Waals surface area (Å²) in [5, 5.41) is 3.87. The highest BCUT2D eigenvalue weighted by Gasteiger charge is 2.33. The van der Waals surface area contributed by atoms with Gasteiger partial charge in [0.1, 0.15) is 18.3 Å². The van der Waals surface area contributed by atoms with E-state index >= 15 is 0 Å². The Bertz CT molecular complexity index is 1540. The van der Waals surface area contributed by atoms with E-state index in [2.05, 4.69) is 5.32 Å². The minimum absolute atomic E-state index is 0.0181. The number of ether oxygens (including phenoxy) is 1. The third kappa shape index (κ3) is 8.46. The maximum absolute atomic E-state index is 14.2. The number of hydrogen-bond donors (Lipinski definition) is 1. The fraction of sp³-hybridized carbons (Fsp3) is 0.394. The second-order valence-corrected chi connectivity index (χ2v) is 13.7. The molecule has 0 aromatic heterocycles. The van der Waals surface area contributed by atoms with Crippen LogP contribution in [-0.2, 0) is 26.2 Å². The molecule has 8 nitrogen and oxygen atoms in total. The molecule has 1 aliphatic carbocycles. The van der Waals surface area contributed by atoms with Crippen molar-refractivity contribution in [2.45, 2.75) is 76.4 Å². The van der Waals surface area contributed by atoms with E-state index in [9.17, 15) is 18.0 Å². The van der Waals surface area contributed by atoms with Gasteiger partial charge in [0.25, 0.3) is 10.0 Å². The fourth-order valence-electron chi connectivity index (χ4n) is 5.23. The van der Waals surface area contributed by atoms with E-state index in [4.69, 9.17) is 27.9 Å². The lowest BCUT2D eigenvalue weighted by Crippen LogP contribution is -2.53. The number of nitrogens with zero attached hydrogens (tertiary/aromatic N) is 2. The van der Waals surface area contributed by atoms with Gasteiger partial charge in [0.2, 0.25) is 11.8 Å². The molecule has 1 aliphatic rings. The number of carbonyl (C=O) groups is 2. The van der Waals surface area contributed by atoms with Crippen LogP contribution in [0.3, 0.4) is 0 Å². The molecule has 1 fully saturated rings. The second kappa shape index (κ2) is 15.1. The van der Waals surface area contributed by atoms with Gasteiger partial charge < -0.3 is 15.0 Å². The van der Waals surface area contributed by atoms with Gasteiger partial charge in [-0.2, -0.15) is 0 Å². The largest absolute Gasteiger partial charge is 0.494 e. The van der Waals surface area contributed by atoms with E-state index in [-0.39, 0.29) is 29.1 Å². The molecule has 0 spiro atoms. The third-order valence-electron chi connectivity index (χ3n) is 7.80. The van der Waals surface area contributed by atoms with Gasteiger partial charge in [0.05, 0.1) is 17.2 Å². The third-order valence-corrected chi connectivity index (χ3v) is 10.2. The van der Waals surface area contributed by atoms with Crippen molar-refractivity contribution in [1.82, 2.24) is 10.2 Å². The summed E-state index contributed by atoms with van der Waals surface area (Å²) in [7, 11) is -4.18. The summed E-state index contributed by atoms with van der Waals surface area (Å²) in [6.07, 6.45) is 4.98. The van der Waals surface area contributed by atoms with Gasteiger partial charge in [-0.1, -0.05) is 66.2 Å². The van der Waals surface area contributed by atoms with E-state index in [0.717, 1.165) is 42.0 Å². The maximum atomic E-state index is 14.2. The lowest BCUT2D eigenvalue weighted by molar-refractivity contribution is -0.139. The van der Waals surface area contributed by atoms with Crippen LogP contribution in [0.4, 0.5) is 5.69 Å². The molecule has 0 heterocycles. The first-order valence-electron chi connectivity index (χ1n) is 14.9. The van der Waals surface area contributed by atoms with Crippen LogP contribution in [0.5, 0.6) is 5.75 Å². The number of rotatable bonds is 12. The van der Waals surface area contributed by atoms with E-state index in [0.29, 0.717) is 28.0 Å². The average molecular weight is 661 g/mol. The molecule has 236 valence electrons. The maximum Gasteiger partial charge on any atom is 0.264 e. The molecule has 2 amide bonds. The van der Waals surface area contributed by atoms with Gasteiger partial charge in [0, 0.05) is 22.6 Å². The van der Waals surface area contributed by atoms with Gasteiger partial charge >= 0.3 is 0 Å². The van der Waals surface area contributed by atoms with Crippen molar-refractivity contribution < 1.29 is 22.7 Å². The smallest absolute Gasteiger partial charge is 0.264 e. The first kappa shape index (κ1) is 33.6. The Hall–Kier alpha value is -3.27. The molecule has 1 unspecified atom stereocenters. The number of sulfonamides is 1. The quantitative estimate of drug-likeness (QED) is 0.232. The van der Waals surface area contributed by atoms with E-state index in [1.807, 2.05) is 13.8 Å². The summed E-state index contributed by atoms with van der Waals surface area (Å²) in [6, 6.07) is 17.0. The molecular formula is C33H39Cl2N3O5S. The van der Waals surface area contributed by atoms with E-state index in [1.54, 1.807) is 61.5 Å². The first-order chi connectivity index (χ1) is 21.0. The minimum atomic E-state index is -4.18. The lowest BCUT2D eigenvalue weighted by Gasteiger charge is -2.33. The Kier molecular flexibility index (Phi) is 11.6. The fourth-order valence-corrected chi connectivity index (χ4v) is 7.11. The van der Waals surface area contributed by atoms with Gasteiger partial charge in [-0.15, -0.1) is 0 Å². The summed E-state index contributed by atoms with van der Waals surface area (Å²) < 4.78 is 34.7. The Balaban J connectivity index is 1.70. The molecule has 11 heteroatoms. The zero-order valence-electron chi connectivity index (χ0n) is 25.3. The van der Waals surface area contributed by atoms with Crippen LogP contribution < -0.4 is 14.4 Å². The number of anilines is 1. The van der Waals surface area contributed by atoms with Crippen molar-refractivity contribution in [3.8, 4) is 5.75 Å². The number of carbonyl (C=O) groups excluding carboxylic acids is 2. The zero-order chi connectivity index (χ0) is 31.9. The summed E-state index contributed by atoms with van der Waals surface area (Å²) in [5.41, 5.74) is 1.76. The van der Waals surface area contributed by atoms with Crippen LogP contribution in [0.15, 0.2) is 71.6 Å². The Morgan fingerprint density at radius 3 is 2.25 bits per heavy atom. The molecule has 0 radical (unpaired) electrons. The van der Waals surface area contributed by atoms with Crippen molar-refractivity contribution >= 4 is 50.7 Å². The molecule has 44 heavy (non-hydrogen) atoms. The van der Waals surface area contributed by atoms with E-state index in [1.165, 1.54) is 17.0 Å². The molecule has 1 saturated carbocycles. The summed E-state index contributed by atoms with van der Waals surface area (Å²) in [4.78, 5) is 29.1. The molecule has 3 aromatic rings. The normalized spacial score (nSPS) is 14.5. The van der Waals surface area contributed by atoms with Gasteiger partial charge in [-0.25, -0.2) is 8.42 Å². The summed E-state index contributed by atoms with van der Waals surface area (Å²) in [6.45, 7) is 5.26. The number of aryl methyl sites for hydroxylation is 1. The number of amides is 2. The average Bonchev–Trinajstić information content (AvgIpc) is 3.00. The Morgan fingerprint density at radius 1 is 0.977 bits per heavy atom. The van der Waals surface area contributed by atoms with Crippen molar-refractivity contribution in [2.24, 2.45) is 0 Å². The molecule has 0 bridgehead atoms. The number of hydrogen-bond acceptors (Lipinski definition) is 5. The lowest BCUT2D eigenvalue weighted by atomic mass is 9.95. The van der Waals surface area contributed by atoms with Crippen LogP contribution in [0.2, 0.25) is 10.0 Å². The van der Waals surface area contributed by atoms with E-state index < -0.39 is 28.5 Å². The molecule has 0 aliphatic heterocycles. The van der Waals surface area contributed by atoms with Crippen molar-refractivity contribution in [3.05, 3.63) is 87.9 Å². The predicted molar refractivity (Wildman–Crippen MR) is 175 cm³/mol. The van der Waals surface area contributed by atoms with Gasteiger partial charge in [-0.05, 0) is 87.7 Å². The Labute approximate surface area is 270 Å². The molecule has 1 atom stereocenters. The van der Waals surface area contributed by atoms with Crippen LogP contribution in [0.25, 0.3) is 0 Å². The number of nitrogens with one attached hydrogen (secondary N) is 1.